The minimum Gasteiger partial charge on any atom is -0.352 e. The van der Waals surface area contributed by atoms with E-state index in [0.717, 1.165) is 56.6 Å². The predicted molar refractivity (Wildman–Crippen MR) is 135 cm³/mol. The fourth-order valence-corrected chi connectivity index (χ4v) is 3.87. The number of aromatic nitrogens is 3. The molecule has 3 aromatic rings. The molecule has 0 saturated carbocycles. The van der Waals surface area contributed by atoms with Crippen LogP contribution in [-0.4, -0.2) is 64.2 Å². The van der Waals surface area contributed by atoms with Crippen LogP contribution in [0.25, 0.3) is 11.4 Å². The Hall–Kier alpha value is -2.46. The number of rotatable bonds is 5. The molecule has 2 aromatic carbocycles. The Morgan fingerprint density at radius 2 is 1.84 bits per heavy atom. The number of halogens is 1. The first-order valence-corrected chi connectivity index (χ1v) is 10.4. The van der Waals surface area contributed by atoms with Crippen LogP contribution < -0.4 is 5.32 Å². The van der Waals surface area contributed by atoms with Crippen molar-refractivity contribution in [3.8, 4) is 11.4 Å². The minimum absolute atomic E-state index is 0. The van der Waals surface area contributed by atoms with Gasteiger partial charge in [0.05, 0.1) is 0 Å². The maximum absolute atomic E-state index is 4.50. The van der Waals surface area contributed by atoms with E-state index in [1.54, 1.807) is 0 Å². The van der Waals surface area contributed by atoms with Gasteiger partial charge in [-0.1, -0.05) is 48.0 Å². The number of benzene rings is 2. The van der Waals surface area contributed by atoms with Gasteiger partial charge in [0.15, 0.2) is 11.8 Å². The van der Waals surface area contributed by atoms with Crippen molar-refractivity contribution in [1.82, 2.24) is 30.3 Å². The molecule has 0 aliphatic carbocycles. The second-order valence-electron chi connectivity index (χ2n) is 7.69. The van der Waals surface area contributed by atoms with Crippen LogP contribution in [0.4, 0.5) is 0 Å². The molecule has 2 heterocycles. The number of hydrogen-bond donors (Lipinski definition) is 2. The van der Waals surface area contributed by atoms with Crippen LogP contribution in [0.15, 0.2) is 59.9 Å². The largest absolute Gasteiger partial charge is 0.352 e. The van der Waals surface area contributed by atoms with Crippen molar-refractivity contribution in [3.63, 3.8) is 0 Å². The van der Waals surface area contributed by atoms with Gasteiger partial charge in [-0.15, -0.1) is 24.0 Å². The number of nitrogens with one attached hydrogen (secondary N) is 2. The number of guanidine groups is 1. The lowest BCUT2D eigenvalue weighted by atomic mass is 10.1. The van der Waals surface area contributed by atoms with Gasteiger partial charge in [-0.3, -0.25) is 15.0 Å². The third-order valence-corrected chi connectivity index (χ3v) is 5.44. The molecule has 0 atom stereocenters. The second kappa shape index (κ2) is 11.2. The highest BCUT2D eigenvalue weighted by Gasteiger charge is 2.19. The van der Waals surface area contributed by atoms with Crippen molar-refractivity contribution in [2.45, 2.75) is 20.0 Å². The highest BCUT2D eigenvalue weighted by atomic mass is 127. The smallest absolute Gasteiger partial charge is 0.194 e. The zero-order valence-electron chi connectivity index (χ0n) is 18.1. The van der Waals surface area contributed by atoms with Crippen molar-refractivity contribution in [2.75, 3.05) is 33.2 Å². The summed E-state index contributed by atoms with van der Waals surface area (Å²) in [4.78, 5) is 13.6. The lowest BCUT2D eigenvalue weighted by Gasteiger charge is -2.36. The first kappa shape index (κ1) is 23.2. The number of H-pyrrole nitrogens is 1. The zero-order chi connectivity index (χ0) is 20.8. The quantitative estimate of drug-likeness (QED) is 0.301. The molecule has 7 nitrogen and oxygen atoms in total. The maximum Gasteiger partial charge on any atom is 0.194 e. The molecule has 1 aliphatic heterocycles. The predicted octanol–water partition coefficient (Wildman–Crippen LogP) is 3.29. The van der Waals surface area contributed by atoms with Gasteiger partial charge in [0, 0.05) is 51.9 Å². The first-order valence-electron chi connectivity index (χ1n) is 10.4. The summed E-state index contributed by atoms with van der Waals surface area (Å²) >= 11 is 0. The number of piperazine rings is 1. The Labute approximate surface area is 201 Å². The fraction of sp³-hybridized carbons (Fsp3) is 0.348. The molecular formula is C23H30IN7. The summed E-state index contributed by atoms with van der Waals surface area (Å²) < 4.78 is 0. The molecule has 0 radical (unpaired) electrons. The number of nitrogens with zero attached hydrogens (tertiary/aromatic N) is 5. The number of aromatic amines is 1. The Morgan fingerprint density at radius 3 is 2.55 bits per heavy atom. The van der Waals surface area contributed by atoms with Gasteiger partial charge in [-0.25, -0.2) is 4.98 Å². The summed E-state index contributed by atoms with van der Waals surface area (Å²) in [6.45, 7) is 7.91. The van der Waals surface area contributed by atoms with E-state index in [9.17, 15) is 0 Å². The van der Waals surface area contributed by atoms with Gasteiger partial charge in [0.25, 0.3) is 0 Å². The molecule has 8 heteroatoms. The van der Waals surface area contributed by atoms with E-state index in [0.29, 0.717) is 0 Å². The molecule has 31 heavy (non-hydrogen) atoms. The molecular weight excluding hydrogens is 501 g/mol. The standard InChI is InChI=1S/C23H29N7.HI/c1-18-5-3-7-20(13-18)16-29-9-11-30(12-10-29)23(24-2)25-15-19-6-4-8-21(14-19)22-26-17-27-28-22;/h3-8,13-14,17H,9-12,15-16H2,1-2H3,(H,24,25)(H,26,27,28);1H. The van der Waals surface area contributed by atoms with Crippen molar-refractivity contribution < 1.29 is 0 Å². The second-order valence-corrected chi connectivity index (χ2v) is 7.69. The monoisotopic (exact) mass is 531 g/mol. The van der Waals surface area contributed by atoms with Crippen LogP contribution in [0, 0.1) is 6.92 Å². The van der Waals surface area contributed by atoms with Crippen LogP contribution in [0.1, 0.15) is 16.7 Å². The summed E-state index contributed by atoms with van der Waals surface area (Å²) in [5.74, 6) is 1.74. The molecule has 1 saturated heterocycles. The van der Waals surface area contributed by atoms with Gasteiger partial charge in [-0.05, 0) is 24.1 Å². The van der Waals surface area contributed by atoms with E-state index in [1.165, 1.54) is 23.0 Å². The van der Waals surface area contributed by atoms with E-state index in [4.69, 9.17) is 0 Å². The molecule has 1 aromatic heterocycles. The molecule has 0 amide bonds. The number of aliphatic imine (C=N–C) groups is 1. The summed E-state index contributed by atoms with van der Waals surface area (Å²) in [7, 11) is 1.85. The van der Waals surface area contributed by atoms with Gasteiger partial charge < -0.3 is 10.2 Å². The van der Waals surface area contributed by atoms with E-state index >= 15 is 0 Å². The minimum atomic E-state index is 0. The topological polar surface area (TPSA) is 72.4 Å². The van der Waals surface area contributed by atoms with E-state index in [-0.39, 0.29) is 24.0 Å². The van der Waals surface area contributed by atoms with Crippen LogP contribution >= 0.6 is 24.0 Å². The third-order valence-electron chi connectivity index (χ3n) is 5.44. The number of aryl methyl sites for hydroxylation is 1. The summed E-state index contributed by atoms with van der Waals surface area (Å²) in [5, 5.41) is 10.4. The van der Waals surface area contributed by atoms with Crippen LogP contribution in [0.5, 0.6) is 0 Å². The Bertz CT molecular complexity index is 979. The van der Waals surface area contributed by atoms with Crippen LogP contribution in [-0.2, 0) is 13.1 Å². The van der Waals surface area contributed by atoms with Gasteiger partial charge in [0.2, 0.25) is 0 Å². The molecule has 0 bridgehead atoms. The van der Waals surface area contributed by atoms with Gasteiger partial charge >= 0.3 is 0 Å². The average Bonchev–Trinajstić information content (AvgIpc) is 3.31. The normalized spacial score (nSPS) is 14.9. The van der Waals surface area contributed by atoms with Crippen LogP contribution in [0.2, 0.25) is 0 Å². The van der Waals surface area contributed by atoms with Crippen molar-refractivity contribution in [1.29, 1.82) is 0 Å². The van der Waals surface area contributed by atoms with Crippen molar-refractivity contribution in [3.05, 3.63) is 71.5 Å². The molecule has 0 unspecified atom stereocenters. The Morgan fingerprint density at radius 1 is 1.06 bits per heavy atom. The maximum atomic E-state index is 4.50. The average molecular weight is 531 g/mol. The van der Waals surface area contributed by atoms with Crippen LogP contribution in [0.3, 0.4) is 0 Å². The van der Waals surface area contributed by atoms with E-state index < -0.39 is 0 Å². The molecule has 1 aliphatic rings. The van der Waals surface area contributed by atoms with Gasteiger partial charge in [-0.2, -0.15) is 5.10 Å². The highest BCUT2D eigenvalue weighted by molar-refractivity contribution is 14.0. The molecule has 164 valence electrons. The molecule has 1 fully saturated rings. The zero-order valence-corrected chi connectivity index (χ0v) is 20.4. The fourth-order valence-electron chi connectivity index (χ4n) is 3.87. The van der Waals surface area contributed by atoms with Crippen molar-refractivity contribution >= 4 is 29.9 Å². The third kappa shape index (κ3) is 6.27. The summed E-state index contributed by atoms with van der Waals surface area (Å²) in [6.07, 6.45) is 1.53. The van der Waals surface area contributed by atoms with Crippen molar-refractivity contribution in [2.24, 2.45) is 4.99 Å². The summed E-state index contributed by atoms with van der Waals surface area (Å²) in [6, 6.07) is 17.1. The molecule has 2 N–H and O–H groups in total. The van der Waals surface area contributed by atoms with E-state index in [1.807, 2.05) is 19.2 Å². The lowest BCUT2D eigenvalue weighted by Crippen LogP contribution is -2.52. The first-order chi connectivity index (χ1) is 14.7. The van der Waals surface area contributed by atoms with Gasteiger partial charge in [0.1, 0.15) is 6.33 Å². The molecule has 4 rings (SSSR count). The summed E-state index contributed by atoms with van der Waals surface area (Å²) in [5.41, 5.74) is 4.93. The lowest BCUT2D eigenvalue weighted by molar-refractivity contribution is 0.172. The number of hydrogen-bond acceptors (Lipinski definition) is 4. The molecule has 0 spiro atoms. The SMILES string of the molecule is CN=C(NCc1cccc(-c2ncn[nH]2)c1)N1CCN(Cc2cccc(C)c2)CC1.I. The Balaban J connectivity index is 0.00000272. The Kier molecular flexibility index (Phi) is 8.42. The van der Waals surface area contributed by atoms with E-state index in [2.05, 4.69) is 78.6 Å². The highest BCUT2D eigenvalue weighted by Crippen LogP contribution is 2.15.